The van der Waals surface area contributed by atoms with Gasteiger partial charge in [-0.15, -0.1) is 0 Å². The topological polar surface area (TPSA) is 62.6 Å². The number of nitrogens with one attached hydrogen (secondary N) is 1. The molecule has 0 saturated carbocycles. The molecular formula is C12H16N4O. The summed E-state index contributed by atoms with van der Waals surface area (Å²) in [4.78, 5) is 16.8. The van der Waals surface area contributed by atoms with Crippen molar-refractivity contribution in [2.45, 2.75) is 33.3 Å². The number of hydrogen-bond donors (Lipinski definition) is 1. The Bertz CT molecular complexity index is 467. The van der Waals surface area contributed by atoms with Gasteiger partial charge in [0.05, 0.1) is 23.9 Å². The quantitative estimate of drug-likeness (QED) is 0.814. The van der Waals surface area contributed by atoms with Gasteiger partial charge in [0.15, 0.2) is 6.10 Å². The molecule has 1 unspecified atom stereocenters. The van der Waals surface area contributed by atoms with Crippen LogP contribution in [0, 0.1) is 0 Å². The maximum atomic E-state index is 5.38. The highest BCUT2D eigenvalue weighted by molar-refractivity contribution is 6.02. The van der Waals surface area contributed by atoms with Crippen molar-refractivity contribution in [3.63, 3.8) is 0 Å². The highest BCUT2D eigenvalue weighted by Crippen LogP contribution is 2.28. The first-order valence-electron chi connectivity index (χ1n) is 5.60. The molecule has 2 rings (SSSR count). The van der Waals surface area contributed by atoms with E-state index in [4.69, 9.17) is 4.84 Å². The van der Waals surface area contributed by atoms with E-state index in [-0.39, 0.29) is 6.10 Å². The van der Waals surface area contributed by atoms with Crippen LogP contribution in [0.15, 0.2) is 34.4 Å². The molecule has 0 bridgehead atoms. The molecule has 1 aromatic heterocycles. The molecule has 2 heterocycles. The molecule has 0 amide bonds. The van der Waals surface area contributed by atoms with Gasteiger partial charge in [0, 0.05) is 12.1 Å². The summed E-state index contributed by atoms with van der Waals surface area (Å²) in [5.74, 6) is 0. The van der Waals surface area contributed by atoms with Crippen molar-refractivity contribution in [3.8, 4) is 0 Å². The predicted molar refractivity (Wildman–Crippen MR) is 67.0 cm³/mol. The van der Waals surface area contributed by atoms with Crippen LogP contribution in [0.4, 0.5) is 0 Å². The summed E-state index contributed by atoms with van der Waals surface area (Å²) in [6, 6.07) is 0. The van der Waals surface area contributed by atoms with E-state index < -0.39 is 0 Å². The van der Waals surface area contributed by atoms with Crippen molar-refractivity contribution in [3.05, 3.63) is 30.0 Å². The lowest BCUT2D eigenvalue weighted by atomic mass is 10.1. The van der Waals surface area contributed by atoms with Gasteiger partial charge in [-0.3, -0.25) is 4.99 Å². The summed E-state index contributed by atoms with van der Waals surface area (Å²) < 4.78 is 0. The molecule has 0 aromatic carbocycles. The third kappa shape index (κ3) is 2.61. The van der Waals surface area contributed by atoms with Gasteiger partial charge in [-0.05, 0) is 20.8 Å². The molecule has 0 radical (unpaired) electrons. The average molecular weight is 232 g/mol. The molecule has 1 N–H and O–H groups in total. The summed E-state index contributed by atoms with van der Waals surface area (Å²) >= 11 is 0. The van der Waals surface area contributed by atoms with Crippen molar-refractivity contribution in [2.24, 2.45) is 10.1 Å². The zero-order chi connectivity index (χ0) is 12.3. The first-order chi connectivity index (χ1) is 8.20. The molecule has 1 aromatic rings. The van der Waals surface area contributed by atoms with Gasteiger partial charge in [0.2, 0.25) is 0 Å². The van der Waals surface area contributed by atoms with Crippen LogP contribution in [0.3, 0.4) is 0 Å². The van der Waals surface area contributed by atoms with E-state index in [1.165, 1.54) is 0 Å². The molecule has 0 spiro atoms. The van der Waals surface area contributed by atoms with Crippen LogP contribution in [0.5, 0.6) is 0 Å². The van der Waals surface area contributed by atoms with Crippen molar-refractivity contribution in [2.75, 3.05) is 0 Å². The van der Waals surface area contributed by atoms with Crippen LogP contribution in [0.1, 0.15) is 39.0 Å². The molecule has 0 aliphatic carbocycles. The third-order valence-electron chi connectivity index (χ3n) is 2.45. The maximum Gasteiger partial charge on any atom is 0.174 e. The minimum Gasteiger partial charge on any atom is -0.385 e. The highest BCUT2D eigenvalue weighted by Gasteiger charge is 2.25. The smallest absolute Gasteiger partial charge is 0.174 e. The number of allylic oxidation sites excluding steroid dienone is 2. The number of oxime groups is 1. The van der Waals surface area contributed by atoms with Crippen LogP contribution < -0.4 is 0 Å². The summed E-state index contributed by atoms with van der Waals surface area (Å²) in [5, 5.41) is 4.09. The Labute approximate surface area is 100 Å². The average Bonchev–Trinajstić information content (AvgIpc) is 2.95. The third-order valence-corrected chi connectivity index (χ3v) is 2.45. The number of aliphatic imine (C=N–C) groups is 1. The zero-order valence-corrected chi connectivity index (χ0v) is 10.3. The highest BCUT2D eigenvalue weighted by atomic mass is 16.6. The molecule has 5 heteroatoms. The van der Waals surface area contributed by atoms with Crippen LogP contribution in [0.2, 0.25) is 0 Å². The largest absolute Gasteiger partial charge is 0.385 e. The van der Waals surface area contributed by atoms with Gasteiger partial charge in [-0.1, -0.05) is 11.2 Å². The second-order valence-corrected chi connectivity index (χ2v) is 4.08. The van der Waals surface area contributed by atoms with Crippen LogP contribution in [-0.2, 0) is 4.84 Å². The molecule has 90 valence electrons. The summed E-state index contributed by atoms with van der Waals surface area (Å²) in [6.45, 7) is 5.88. The molecule has 1 aliphatic heterocycles. The molecule has 0 saturated heterocycles. The second kappa shape index (κ2) is 4.95. The Morgan fingerprint density at radius 2 is 2.41 bits per heavy atom. The Morgan fingerprint density at radius 3 is 3.00 bits per heavy atom. The fourth-order valence-electron chi connectivity index (χ4n) is 1.67. The van der Waals surface area contributed by atoms with E-state index in [9.17, 15) is 0 Å². The van der Waals surface area contributed by atoms with Crippen LogP contribution >= 0.6 is 0 Å². The normalized spacial score (nSPS) is 19.8. The fourth-order valence-corrected chi connectivity index (χ4v) is 1.67. The minimum atomic E-state index is -0.0742. The SMILES string of the molecule is CC=C(N=C(C)C)C1=NOC(c2cnc[nH]2)C1. The lowest BCUT2D eigenvalue weighted by molar-refractivity contribution is 0.0829. The van der Waals surface area contributed by atoms with Gasteiger partial charge in [0.1, 0.15) is 5.71 Å². The number of aromatic amines is 1. The zero-order valence-electron chi connectivity index (χ0n) is 10.3. The first-order valence-corrected chi connectivity index (χ1v) is 5.60. The van der Waals surface area contributed by atoms with E-state index in [0.29, 0.717) is 0 Å². The summed E-state index contributed by atoms with van der Waals surface area (Å²) in [6.07, 6.45) is 5.99. The number of H-pyrrole nitrogens is 1. The van der Waals surface area contributed by atoms with Gasteiger partial charge >= 0.3 is 0 Å². The molecule has 0 fully saturated rings. The van der Waals surface area contributed by atoms with E-state index >= 15 is 0 Å². The van der Waals surface area contributed by atoms with Gasteiger partial charge in [-0.2, -0.15) is 0 Å². The standard InChI is InChI=1S/C12H16N4O/c1-4-9(15-8(2)3)10-5-12(17-16-10)11-6-13-7-14-11/h4,6-7,12H,5H2,1-3H3,(H,13,14). The van der Waals surface area contributed by atoms with Crippen LogP contribution in [0.25, 0.3) is 0 Å². The lowest BCUT2D eigenvalue weighted by Gasteiger charge is -2.04. The van der Waals surface area contributed by atoms with E-state index in [1.54, 1.807) is 12.5 Å². The van der Waals surface area contributed by atoms with Gasteiger partial charge in [0.25, 0.3) is 0 Å². The Kier molecular flexibility index (Phi) is 3.37. The fraction of sp³-hybridized carbons (Fsp3) is 0.417. The second-order valence-electron chi connectivity index (χ2n) is 4.08. The minimum absolute atomic E-state index is 0.0742. The Hall–Kier alpha value is -1.91. The summed E-state index contributed by atoms with van der Waals surface area (Å²) in [7, 11) is 0. The van der Waals surface area contributed by atoms with Crippen molar-refractivity contribution >= 4 is 11.4 Å². The monoisotopic (exact) mass is 232 g/mol. The number of aromatic nitrogens is 2. The molecular weight excluding hydrogens is 216 g/mol. The van der Waals surface area contributed by atoms with E-state index in [0.717, 1.165) is 29.2 Å². The van der Waals surface area contributed by atoms with Crippen molar-refractivity contribution in [1.29, 1.82) is 0 Å². The Balaban J connectivity index is 2.09. The molecule has 1 aliphatic rings. The predicted octanol–water partition coefficient (Wildman–Crippen LogP) is 2.61. The van der Waals surface area contributed by atoms with Crippen molar-refractivity contribution in [1.82, 2.24) is 9.97 Å². The molecule has 17 heavy (non-hydrogen) atoms. The maximum absolute atomic E-state index is 5.38. The first kappa shape index (κ1) is 11.6. The molecule has 5 nitrogen and oxygen atoms in total. The van der Waals surface area contributed by atoms with Crippen LogP contribution in [-0.4, -0.2) is 21.4 Å². The number of imidazole rings is 1. The number of rotatable bonds is 3. The lowest BCUT2D eigenvalue weighted by Crippen LogP contribution is -2.03. The van der Waals surface area contributed by atoms with E-state index in [1.807, 2.05) is 26.8 Å². The number of nitrogens with zero attached hydrogens (tertiary/aromatic N) is 3. The number of hydrogen-bond acceptors (Lipinski definition) is 4. The molecule has 1 atom stereocenters. The van der Waals surface area contributed by atoms with E-state index in [2.05, 4.69) is 20.1 Å². The van der Waals surface area contributed by atoms with Gasteiger partial charge in [-0.25, -0.2) is 4.98 Å². The Morgan fingerprint density at radius 1 is 1.59 bits per heavy atom. The summed E-state index contributed by atoms with van der Waals surface area (Å²) in [5.41, 5.74) is 3.71. The van der Waals surface area contributed by atoms with Crippen molar-refractivity contribution < 1.29 is 4.84 Å². The van der Waals surface area contributed by atoms with Gasteiger partial charge < -0.3 is 9.82 Å².